The quantitative estimate of drug-likeness (QED) is 0.421. The SMILES string of the molecule is COCCONS(=O)(=O)c1ccc(CC(=O)OC)cc1. The van der Waals surface area contributed by atoms with E-state index < -0.39 is 10.0 Å². The van der Waals surface area contributed by atoms with Gasteiger partial charge in [-0.3, -0.25) is 9.63 Å². The van der Waals surface area contributed by atoms with E-state index in [2.05, 4.69) is 4.74 Å². The van der Waals surface area contributed by atoms with Crippen LogP contribution in [-0.4, -0.2) is 41.8 Å². The molecule has 7 nitrogen and oxygen atoms in total. The summed E-state index contributed by atoms with van der Waals surface area (Å²) in [5.41, 5.74) is 0.663. The Morgan fingerprint density at radius 3 is 2.35 bits per heavy atom. The zero-order valence-electron chi connectivity index (χ0n) is 11.3. The number of methoxy groups -OCH3 is 2. The van der Waals surface area contributed by atoms with Crippen molar-refractivity contribution in [2.75, 3.05) is 27.4 Å². The van der Waals surface area contributed by atoms with Crippen LogP contribution in [0, 0.1) is 0 Å². The van der Waals surface area contributed by atoms with Crippen molar-refractivity contribution >= 4 is 16.0 Å². The van der Waals surface area contributed by atoms with E-state index in [1.165, 1.54) is 26.4 Å². The molecular formula is C12H17NO6S. The highest BCUT2D eigenvalue weighted by molar-refractivity contribution is 7.89. The first-order chi connectivity index (χ1) is 9.49. The largest absolute Gasteiger partial charge is 0.469 e. The maximum Gasteiger partial charge on any atom is 0.309 e. The van der Waals surface area contributed by atoms with Gasteiger partial charge in [-0.1, -0.05) is 17.0 Å². The standard InChI is InChI=1S/C12H17NO6S/c1-17-7-8-19-13-20(15,16)11-5-3-10(4-6-11)9-12(14)18-2/h3-6,13H,7-9H2,1-2H3. The van der Waals surface area contributed by atoms with Crippen molar-refractivity contribution in [3.63, 3.8) is 0 Å². The number of rotatable bonds is 8. The van der Waals surface area contributed by atoms with Crippen molar-refractivity contribution in [2.45, 2.75) is 11.3 Å². The van der Waals surface area contributed by atoms with Crippen molar-refractivity contribution in [2.24, 2.45) is 0 Å². The predicted octanol–water partition coefficient (Wildman–Crippen LogP) is 0.258. The molecule has 0 saturated carbocycles. The topological polar surface area (TPSA) is 90.9 Å². The highest BCUT2D eigenvalue weighted by Crippen LogP contribution is 2.11. The molecule has 0 fully saturated rings. The molecule has 0 radical (unpaired) electrons. The summed E-state index contributed by atoms with van der Waals surface area (Å²) in [5, 5.41) is 0. The number of hydrogen-bond acceptors (Lipinski definition) is 6. The van der Waals surface area contributed by atoms with Gasteiger partial charge in [0.05, 0.1) is 31.6 Å². The number of ether oxygens (including phenoxy) is 2. The molecule has 1 aromatic carbocycles. The molecule has 0 heterocycles. The molecular weight excluding hydrogens is 286 g/mol. The lowest BCUT2D eigenvalue weighted by atomic mass is 10.2. The van der Waals surface area contributed by atoms with Crippen LogP contribution in [0.3, 0.4) is 0 Å². The molecule has 0 saturated heterocycles. The lowest BCUT2D eigenvalue weighted by Crippen LogP contribution is -2.25. The molecule has 0 spiro atoms. The Balaban J connectivity index is 2.64. The first-order valence-corrected chi connectivity index (χ1v) is 7.26. The van der Waals surface area contributed by atoms with E-state index in [4.69, 9.17) is 9.57 Å². The van der Waals surface area contributed by atoms with Crippen LogP contribution in [0.4, 0.5) is 0 Å². The van der Waals surface area contributed by atoms with Crippen molar-refractivity contribution in [1.29, 1.82) is 0 Å². The Hall–Kier alpha value is -1.48. The molecule has 0 aliphatic heterocycles. The van der Waals surface area contributed by atoms with Gasteiger partial charge in [0.15, 0.2) is 0 Å². The van der Waals surface area contributed by atoms with Crippen molar-refractivity contribution < 1.29 is 27.5 Å². The maximum absolute atomic E-state index is 11.8. The van der Waals surface area contributed by atoms with Gasteiger partial charge < -0.3 is 9.47 Å². The fourth-order valence-corrected chi connectivity index (χ4v) is 2.15. The second kappa shape index (κ2) is 7.95. The third-order valence-corrected chi connectivity index (χ3v) is 3.60. The summed E-state index contributed by atoms with van der Waals surface area (Å²) in [5.74, 6) is -0.387. The molecule has 0 aliphatic rings. The lowest BCUT2D eigenvalue weighted by molar-refractivity contribution is -0.139. The van der Waals surface area contributed by atoms with Gasteiger partial charge in [-0.15, -0.1) is 0 Å². The van der Waals surface area contributed by atoms with Crippen LogP contribution < -0.4 is 4.89 Å². The van der Waals surface area contributed by atoms with Crippen LogP contribution in [0.25, 0.3) is 0 Å². The van der Waals surface area contributed by atoms with Gasteiger partial charge >= 0.3 is 5.97 Å². The average molecular weight is 303 g/mol. The zero-order chi connectivity index (χ0) is 15.0. The first-order valence-electron chi connectivity index (χ1n) is 5.78. The Morgan fingerprint density at radius 2 is 1.80 bits per heavy atom. The third-order valence-electron chi connectivity index (χ3n) is 2.37. The number of sulfonamides is 1. The average Bonchev–Trinajstić information content (AvgIpc) is 2.44. The summed E-state index contributed by atoms with van der Waals surface area (Å²) in [4.78, 5) is 17.9. The molecule has 1 aromatic rings. The molecule has 0 atom stereocenters. The summed E-state index contributed by atoms with van der Waals surface area (Å²) in [6.45, 7) is 0.386. The number of hydrogen-bond donors (Lipinski definition) is 1. The van der Waals surface area contributed by atoms with Crippen LogP contribution in [0.5, 0.6) is 0 Å². The summed E-state index contributed by atoms with van der Waals surface area (Å²) < 4.78 is 32.9. The zero-order valence-corrected chi connectivity index (χ0v) is 12.1. The molecule has 112 valence electrons. The number of nitrogens with one attached hydrogen (secondary N) is 1. The van der Waals surface area contributed by atoms with Gasteiger partial charge in [-0.05, 0) is 17.7 Å². The number of carbonyl (C=O) groups excluding carboxylic acids is 1. The fraction of sp³-hybridized carbons (Fsp3) is 0.417. The van der Waals surface area contributed by atoms with E-state index in [0.29, 0.717) is 5.56 Å². The normalized spacial score (nSPS) is 11.3. The Morgan fingerprint density at radius 1 is 1.15 bits per heavy atom. The maximum atomic E-state index is 11.8. The highest BCUT2D eigenvalue weighted by Gasteiger charge is 2.14. The van der Waals surface area contributed by atoms with Crippen molar-refractivity contribution in [3.8, 4) is 0 Å². The first kappa shape index (κ1) is 16.6. The van der Waals surface area contributed by atoms with Gasteiger partial charge in [-0.25, -0.2) is 8.42 Å². The van der Waals surface area contributed by atoms with E-state index in [9.17, 15) is 13.2 Å². The van der Waals surface area contributed by atoms with Crippen LogP contribution in [-0.2, 0) is 35.5 Å². The Labute approximate surface area is 117 Å². The minimum atomic E-state index is -3.74. The molecule has 1 rings (SSSR count). The van der Waals surface area contributed by atoms with Gasteiger partial charge in [0.25, 0.3) is 10.0 Å². The minimum absolute atomic E-state index is 0.0449. The number of esters is 1. The third kappa shape index (κ3) is 5.25. The Kier molecular flexibility index (Phi) is 6.59. The monoisotopic (exact) mass is 303 g/mol. The predicted molar refractivity (Wildman–Crippen MR) is 70.3 cm³/mol. The van der Waals surface area contributed by atoms with E-state index in [1.807, 2.05) is 4.89 Å². The number of benzene rings is 1. The van der Waals surface area contributed by atoms with Crippen LogP contribution in [0.2, 0.25) is 0 Å². The molecule has 0 bridgehead atoms. The van der Waals surface area contributed by atoms with Gasteiger partial charge in [0, 0.05) is 7.11 Å². The molecule has 0 unspecified atom stereocenters. The van der Waals surface area contributed by atoms with E-state index >= 15 is 0 Å². The second-order valence-electron chi connectivity index (χ2n) is 3.82. The number of carbonyl (C=O) groups is 1. The van der Waals surface area contributed by atoms with E-state index in [-0.39, 0.29) is 30.5 Å². The summed E-state index contributed by atoms with van der Waals surface area (Å²) in [7, 11) is -0.957. The fourth-order valence-electron chi connectivity index (χ4n) is 1.32. The smallest absolute Gasteiger partial charge is 0.309 e. The highest BCUT2D eigenvalue weighted by atomic mass is 32.2. The van der Waals surface area contributed by atoms with Crippen LogP contribution in [0.15, 0.2) is 29.2 Å². The summed E-state index contributed by atoms with van der Waals surface area (Å²) in [6.07, 6.45) is 0.0919. The molecule has 1 N–H and O–H groups in total. The minimum Gasteiger partial charge on any atom is -0.469 e. The summed E-state index contributed by atoms with van der Waals surface area (Å²) in [6, 6.07) is 5.86. The van der Waals surface area contributed by atoms with Gasteiger partial charge in [-0.2, -0.15) is 0 Å². The molecule has 0 amide bonds. The molecule has 0 aromatic heterocycles. The summed E-state index contributed by atoms with van der Waals surface area (Å²) >= 11 is 0. The molecule has 8 heteroatoms. The van der Waals surface area contributed by atoms with Crippen molar-refractivity contribution in [3.05, 3.63) is 29.8 Å². The van der Waals surface area contributed by atoms with Crippen LogP contribution >= 0.6 is 0 Å². The molecule has 0 aliphatic carbocycles. The lowest BCUT2D eigenvalue weighted by Gasteiger charge is -2.07. The van der Waals surface area contributed by atoms with Crippen molar-refractivity contribution in [1.82, 2.24) is 4.89 Å². The second-order valence-corrected chi connectivity index (χ2v) is 5.47. The van der Waals surface area contributed by atoms with Gasteiger partial charge in [0.1, 0.15) is 0 Å². The Bertz CT molecular complexity index is 525. The van der Waals surface area contributed by atoms with E-state index in [1.54, 1.807) is 12.1 Å². The molecule has 20 heavy (non-hydrogen) atoms. The van der Waals surface area contributed by atoms with E-state index in [0.717, 1.165) is 0 Å². The van der Waals surface area contributed by atoms with Gasteiger partial charge in [0.2, 0.25) is 0 Å². The van der Waals surface area contributed by atoms with Crippen LogP contribution in [0.1, 0.15) is 5.56 Å².